The summed E-state index contributed by atoms with van der Waals surface area (Å²) in [6.07, 6.45) is 0.946. The average molecular weight is 419 g/mol. The SMILES string of the molecule is CCN(C(=O)c1ccccc1)N(C(=O)c1ccc(OS(C)(=O)=O)cc1)C(C)(C)C. The van der Waals surface area contributed by atoms with Gasteiger partial charge in [-0.05, 0) is 64.1 Å². The van der Waals surface area contributed by atoms with E-state index < -0.39 is 15.7 Å². The van der Waals surface area contributed by atoms with E-state index in [4.69, 9.17) is 4.18 Å². The van der Waals surface area contributed by atoms with Crippen molar-refractivity contribution < 1.29 is 22.2 Å². The van der Waals surface area contributed by atoms with Crippen LogP contribution in [0.5, 0.6) is 5.75 Å². The fourth-order valence-electron chi connectivity index (χ4n) is 2.83. The second-order valence-electron chi connectivity index (χ2n) is 7.49. The maximum atomic E-state index is 13.3. The quantitative estimate of drug-likeness (QED) is 0.549. The Morgan fingerprint density at radius 1 is 0.897 bits per heavy atom. The molecule has 0 aromatic heterocycles. The number of carbonyl (C=O) groups is 2. The van der Waals surface area contributed by atoms with Crippen LogP contribution in [0, 0.1) is 0 Å². The van der Waals surface area contributed by atoms with Crippen LogP contribution < -0.4 is 4.18 Å². The van der Waals surface area contributed by atoms with E-state index in [1.54, 1.807) is 31.2 Å². The van der Waals surface area contributed by atoms with Crippen LogP contribution in [0.3, 0.4) is 0 Å². The third-order valence-electron chi connectivity index (χ3n) is 3.97. The summed E-state index contributed by atoms with van der Waals surface area (Å²) in [5, 5.41) is 2.84. The molecule has 156 valence electrons. The topological polar surface area (TPSA) is 84.0 Å². The summed E-state index contributed by atoms with van der Waals surface area (Å²) in [5.74, 6) is -0.554. The van der Waals surface area contributed by atoms with Gasteiger partial charge in [-0.15, -0.1) is 0 Å². The lowest BCUT2D eigenvalue weighted by Crippen LogP contribution is -2.58. The number of hydrogen-bond donors (Lipinski definition) is 0. The summed E-state index contributed by atoms with van der Waals surface area (Å²) in [4.78, 5) is 26.4. The highest BCUT2D eigenvalue weighted by molar-refractivity contribution is 7.86. The van der Waals surface area contributed by atoms with Crippen LogP contribution >= 0.6 is 0 Å². The predicted octanol–water partition coefficient (Wildman–Crippen LogP) is 3.34. The molecule has 2 aromatic rings. The maximum Gasteiger partial charge on any atom is 0.306 e. The second kappa shape index (κ2) is 8.65. The first-order valence-electron chi connectivity index (χ1n) is 9.15. The molecule has 0 unspecified atom stereocenters. The Morgan fingerprint density at radius 2 is 1.41 bits per heavy atom. The molecule has 0 bridgehead atoms. The molecule has 0 spiro atoms. The Hall–Kier alpha value is -2.87. The van der Waals surface area contributed by atoms with Crippen molar-refractivity contribution in [2.75, 3.05) is 12.8 Å². The molecule has 2 rings (SSSR count). The molecule has 0 aliphatic carbocycles. The normalized spacial score (nSPS) is 11.6. The Labute approximate surface area is 172 Å². The second-order valence-corrected chi connectivity index (χ2v) is 9.06. The van der Waals surface area contributed by atoms with E-state index in [1.165, 1.54) is 34.3 Å². The van der Waals surface area contributed by atoms with E-state index in [9.17, 15) is 18.0 Å². The van der Waals surface area contributed by atoms with Crippen LogP contribution in [0.2, 0.25) is 0 Å². The molecule has 0 fully saturated rings. The number of benzene rings is 2. The number of carbonyl (C=O) groups excluding carboxylic acids is 2. The molecular formula is C21H26N2O5S. The highest BCUT2D eigenvalue weighted by Gasteiger charge is 2.35. The number of nitrogens with zero attached hydrogens (tertiary/aromatic N) is 2. The summed E-state index contributed by atoms with van der Waals surface area (Å²) in [6, 6.07) is 14.5. The molecular weight excluding hydrogens is 392 g/mol. The first kappa shape index (κ1) is 22.4. The van der Waals surface area contributed by atoms with E-state index in [2.05, 4.69) is 0 Å². The summed E-state index contributed by atoms with van der Waals surface area (Å²) in [6.45, 7) is 7.62. The maximum absolute atomic E-state index is 13.3. The van der Waals surface area contributed by atoms with Crippen LogP contribution in [0.1, 0.15) is 48.4 Å². The van der Waals surface area contributed by atoms with Gasteiger partial charge in [0.2, 0.25) is 0 Å². The Morgan fingerprint density at radius 3 is 1.86 bits per heavy atom. The number of hydrogen-bond acceptors (Lipinski definition) is 5. The van der Waals surface area contributed by atoms with Gasteiger partial charge in [-0.25, -0.2) is 10.0 Å². The average Bonchev–Trinajstić information content (AvgIpc) is 2.64. The standard InChI is InChI=1S/C21H26N2O5S/c1-6-22(19(24)16-10-8-7-9-11-16)23(21(2,3)4)20(25)17-12-14-18(15-13-17)28-29(5,26)27/h7-15H,6H2,1-5H3. The summed E-state index contributed by atoms with van der Waals surface area (Å²) >= 11 is 0. The van der Waals surface area contributed by atoms with Crippen LogP contribution in [0.25, 0.3) is 0 Å². The van der Waals surface area contributed by atoms with Gasteiger partial charge in [0.1, 0.15) is 5.75 Å². The van der Waals surface area contributed by atoms with Crippen molar-refractivity contribution in [3.8, 4) is 5.75 Å². The van der Waals surface area contributed by atoms with Crippen molar-refractivity contribution in [1.82, 2.24) is 10.0 Å². The molecule has 0 aliphatic rings. The van der Waals surface area contributed by atoms with Crippen molar-refractivity contribution >= 4 is 21.9 Å². The van der Waals surface area contributed by atoms with Crippen molar-refractivity contribution in [3.63, 3.8) is 0 Å². The van der Waals surface area contributed by atoms with E-state index >= 15 is 0 Å². The van der Waals surface area contributed by atoms with Gasteiger partial charge in [-0.2, -0.15) is 8.42 Å². The fourth-order valence-corrected chi connectivity index (χ4v) is 3.29. The molecule has 29 heavy (non-hydrogen) atoms. The largest absolute Gasteiger partial charge is 0.383 e. The summed E-state index contributed by atoms with van der Waals surface area (Å²) in [7, 11) is -3.66. The highest BCUT2D eigenvalue weighted by Crippen LogP contribution is 2.23. The minimum absolute atomic E-state index is 0.110. The van der Waals surface area contributed by atoms with Gasteiger partial charge in [-0.3, -0.25) is 9.59 Å². The van der Waals surface area contributed by atoms with Gasteiger partial charge >= 0.3 is 10.1 Å². The van der Waals surface area contributed by atoms with E-state index in [0.29, 0.717) is 17.7 Å². The zero-order valence-corrected chi connectivity index (χ0v) is 18.1. The minimum atomic E-state index is -3.66. The fraction of sp³-hybridized carbons (Fsp3) is 0.333. The molecule has 0 radical (unpaired) electrons. The zero-order chi connectivity index (χ0) is 21.8. The van der Waals surface area contributed by atoms with Gasteiger partial charge in [0.25, 0.3) is 11.8 Å². The first-order valence-corrected chi connectivity index (χ1v) is 11.0. The molecule has 2 aromatic carbocycles. The van der Waals surface area contributed by atoms with Crippen molar-refractivity contribution in [2.45, 2.75) is 33.2 Å². The van der Waals surface area contributed by atoms with Crippen LogP contribution in [0.15, 0.2) is 54.6 Å². The van der Waals surface area contributed by atoms with Crippen molar-refractivity contribution in [1.29, 1.82) is 0 Å². The Kier molecular flexibility index (Phi) is 6.69. The van der Waals surface area contributed by atoms with Gasteiger partial charge in [0, 0.05) is 17.7 Å². The predicted molar refractivity (Wildman–Crippen MR) is 111 cm³/mol. The van der Waals surface area contributed by atoms with E-state index in [0.717, 1.165) is 6.26 Å². The van der Waals surface area contributed by atoms with Crippen LogP contribution in [-0.4, -0.2) is 48.6 Å². The third kappa shape index (κ3) is 5.80. The van der Waals surface area contributed by atoms with Crippen molar-refractivity contribution in [2.24, 2.45) is 0 Å². The molecule has 2 amide bonds. The van der Waals surface area contributed by atoms with Gasteiger partial charge in [-0.1, -0.05) is 18.2 Å². The zero-order valence-electron chi connectivity index (χ0n) is 17.2. The molecule has 0 N–H and O–H groups in total. The van der Waals surface area contributed by atoms with Gasteiger partial charge in [0.05, 0.1) is 11.8 Å². The van der Waals surface area contributed by atoms with E-state index in [-0.39, 0.29) is 17.6 Å². The minimum Gasteiger partial charge on any atom is -0.383 e. The smallest absolute Gasteiger partial charge is 0.306 e. The molecule has 0 aliphatic heterocycles. The van der Waals surface area contributed by atoms with Crippen LogP contribution in [0.4, 0.5) is 0 Å². The van der Waals surface area contributed by atoms with E-state index in [1.807, 2.05) is 26.8 Å². The van der Waals surface area contributed by atoms with Gasteiger partial charge in [0.15, 0.2) is 0 Å². The Balaban J connectivity index is 2.38. The lowest BCUT2D eigenvalue weighted by Gasteiger charge is -2.43. The van der Waals surface area contributed by atoms with Crippen molar-refractivity contribution in [3.05, 3.63) is 65.7 Å². The van der Waals surface area contributed by atoms with Crippen LogP contribution in [-0.2, 0) is 10.1 Å². The number of rotatable bonds is 5. The molecule has 0 saturated heterocycles. The molecule has 0 saturated carbocycles. The molecule has 8 heteroatoms. The molecule has 0 heterocycles. The first-order chi connectivity index (χ1) is 13.4. The lowest BCUT2D eigenvalue weighted by molar-refractivity contribution is -0.0410. The summed E-state index contributed by atoms with van der Waals surface area (Å²) in [5.41, 5.74) is 0.104. The monoisotopic (exact) mass is 418 g/mol. The molecule has 0 atom stereocenters. The molecule has 7 nitrogen and oxygen atoms in total. The van der Waals surface area contributed by atoms with Gasteiger partial charge < -0.3 is 4.18 Å². The third-order valence-corrected chi connectivity index (χ3v) is 4.47. The Bertz CT molecular complexity index is 964. The summed E-state index contributed by atoms with van der Waals surface area (Å²) < 4.78 is 27.3. The lowest BCUT2D eigenvalue weighted by atomic mass is 10.1. The highest BCUT2D eigenvalue weighted by atomic mass is 32.2. The number of amides is 2. The number of hydrazine groups is 1.